The number of nitrogens with one attached hydrogen (secondary N) is 2. The Balaban J connectivity index is 1.16. The van der Waals surface area contributed by atoms with Gasteiger partial charge in [0.05, 0.1) is 13.2 Å². The van der Waals surface area contributed by atoms with Crippen molar-refractivity contribution in [3.8, 4) is 5.75 Å². The number of nitrogens with zero attached hydrogens (tertiary/aromatic N) is 2. The molecule has 2 aromatic heterocycles. The van der Waals surface area contributed by atoms with E-state index in [4.69, 9.17) is 4.74 Å². The van der Waals surface area contributed by atoms with Crippen molar-refractivity contribution in [2.24, 2.45) is 0 Å². The lowest BCUT2D eigenvalue weighted by molar-refractivity contribution is 0.0948. The average Bonchev–Trinajstić information content (AvgIpc) is 3.26. The maximum absolute atomic E-state index is 11.0. The van der Waals surface area contributed by atoms with E-state index in [0.29, 0.717) is 12.6 Å². The van der Waals surface area contributed by atoms with E-state index in [0.717, 1.165) is 54.7 Å². The van der Waals surface area contributed by atoms with Gasteiger partial charge in [0.1, 0.15) is 11.3 Å². The van der Waals surface area contributed by atoms with Crippen molar-refractivity contribution in [1.29, 1.82) is 0 Å². The van der Waals surface area contributed by atoms with Crippen molar-refractivity contribution < 1.29 is 9.84 Å². The minimum atomic E-state index is -0.552. The van der Waals surface area contributed by atoms with Crippen molar-refractivity contribution in [3.63, 3.8) is 0 Å². The molecule has 0 bridgehead atoms. The Morgan fingerprint density at radius 2 is 2.00 bits per heavy atom. The van der Waals surface area contributed by atoms with E-state index in [-0.39, 0.29) is 0 Å². The summed E-state index contributed by atoms with van der Waals surface area (Å²) in [6, 6.07) is 18.9. The highest BCUT2D eigenvalue weighted by Crippen LogP contribution is 2.29. The van der Waals surface area contributed by atoms with Crippen LogP contribution in [0.2, 0.25) is 0 Å². The lowest BCUT2D eigenvalue weighted by atomic mass is 10.0. The van der Waals surface area contributed by atoms with Gasteiger partial charge in [0.2, 0.25) is 0 Å². The molecule has 0 aliphatic carbocycles. The van der Waals surface area contributed by atoms with Crippen LogP contribution in [0.5, 0.6) is 5.75 Å². The van der Waals surface area contributed by atoms with E-state index in [1.165, 1.54) is 16.6 Å². The lowest BCUT2D eigenvalue weighted by Gasteiger charge is -2.33. The van der Waals surface area contributed by atoms with E-state index in [9.17, 15) is 5.11 Å². The van der Waals surface area contributed by atoms with Crippen LogP contribution in [0.25, 0.3) is 21.8 Å². The molecule has 3 N–H and O–H groups in total. The molecule has 1 atom stereocenters. The zero-order chi connectivity index (χ0) is 21.9. The Morgan fingerprint density at radius 3 is 2.81 bits per heavy atom. The third kappa shape index (κ3) is 4.35. The number of hydrogen-bond donors (Lipinski definition) is 3. The minimum Gasteiger partial charge on any atom is -0.494 e. The van der Waals surface area contributed by atoms with E-state index in [1.54, 1.807) is 13.3 Å². The van der Waals surface area contributed by atoms with Gasteiger partial charge in [-0.05, 0) is 61.1 Å². The normalized spacial score (nSPS) is 16.6. The van der Waals surface area contributed by atoms with Crippen LogP contribution < -0.4 is 10.1 Å². The second kappa shape index (κ2) is 9.28. The largest absolute Gasteiger partial charge is 0.494 e. The highest BCUT2D eigenvalue weighted by Gasteiger charge is 2.22. The van der Waals surface area contributed by atoms with Crippen molar-refractivity contribution >= 4 is 21.8 Å². The highest BCUT2D eigenvalue weighted by atomic mass is 16.5. The molecule has 0 saturated carbocycles. The summed E-state index contributed by atoms with van der Waals surface area (Å²) in [4.78, 5) is 10.3. The molecule has 0 amide bonds. The average molecular weight is 431 g/mol. The van der Waals surface area contributed by atoms with Crippen LogP contribution in [0.4, 0.5) is 0 Å². The van der Waals surface area contributed by atoms with E-state index < -0.39 is 6.10 Å². The van der Waals surface area contributed by atoms with Gasteiger partial charge >= 0.3 is 0 Å². The number of ether oxygens (including phenoxy) is 1. The van der Waals surface area contributed by atoms with Gasteiger partial charge in [-0.2, -0.15) is 0 Å². The molecule has 1 saturated heterocycles. The first-order valence-corrected chi connectivity index (χ1v) is 11.3. The summed E-state index contributed by atoms with van der Waals surface area (Å²) in [5.41, 5.74) is 4.12. The van der Waals surface area contributed by atoms with Gasteiger partial charge in [0.15, 0.2) is 0 Å². The van der Waals surface area contributed by atoms with Gasteiger partial charge in [0, 0.05) is 41.9 Å². The third-order valence-corrected chi connectivity index (χ3v) is 6.53. The Morgan fingerprint density at radius 1 is 1.16 bits per heavy atom. The lowest BCUT2D eigenvalue weighted by Crippen LogP contribution is -2.43. The fourth-order valence-electron chi connectivity index (χ4n) is 4.77. The minimum absolute atomic E-state index is 0.501. The second-order valence-electron chi connectivity index (χ2n) is 8.61. The van der Waals surface area contributed by atoms with Crippen LogP contribution in [-0.4, -0.2) is 52.8 Å². The second-order valence-corrected chi connectivity index (χ2v) is 8.61. The van der Waals surface area contributed by atoms with Crippen LogP contribution >= 0.6 is 0 Å². The van der Waals surface area contributed by atoms with E-state index >= 15 is 0 Å². The number of benzene rings is 2. The van der Waals surface area contributed by atoms with Crippen molar-refractivity contribution in [1.82, 2.24) is 20.2 Å². The first-order valence-electron chi connectivity index (χ1n) is 11.3. The smallest absolute Gasteiger partial charge is 0.145 e. The van der Waals surface area contributed by atoms with Crippen LogP contribution in [0.1, 0.15) is 30.2 Å². The quantitative estimate of drug-likeness (QED) is 0.413. The van der Waals surface area contributed by atoms with E-state index in [1.807, 2.05) is 24.3 Å². The molecule has 0 radical (unpaired) electrons. The van der Waals surface area contributed by atoms with Crippen LogP contribution in [0.15, 0.2) is 60.8 Å². The first-order chi connectivity index (χ1) is 15.7. The maximum Gasteiger partial charge on any atom is 0.145 e. The number of hydrogen-bond acceptors (Lipinski definition) is 5. The molecule has 0 spiro atoms. The predicted octanol–water partition coefficient (Wildman–Crippen LogP) is 4.01. The molecule has 1 aliphatic rings. The molecule has 32 heavy (non-hydrogen) atoms. The molecule has 0 unspecified atom stereocenters. The zero-order valence-corrected chi connectivity index (χ0v) is 18.4. The first kappa shape index (κ1) is 20.9. The number of aromatic amines is 1. The Bertz CT molecular complexity index is 1160. The number of piperidine rings is 1. The molecule has 6 nitrogen and oxygen atoms in total. The zero-order valence-electron chi connectivity index (χ0n) is 18.4. The van der Waals surface area contributed by atoms with Gasteiger partial charge < -0.3 is 25.0 Å². The fraction of sp³-hybridized carbons (Fsp3) is 0.346. The van der Waals surface area contributed by atoms with Crippen LogP contribution in [0, 0.1) is 0 Å². The molecule has 6 heteroatoms. The summed E-state index contributed by atoms with van der Waals surface area (Å²) < 4.78 is 5.43. The fourth-order valence-corrected chi connectivity index (χ4v) is 4.77. The van der Waals surface area contributed by atoms with Gasteiger partial charge in [-0.25, -0.2) is 0 Å². The molecular weight excluding hydrogens is 400 g/mol. The molecule has 4 aromatic rings. The summed E-state index contributed by atoms with van der Waals surface area (Å²) in [5.74, 6) is 0.735. The Hall–Kier alpha value is -2.93. The number of fused-ring (bicyclic) bond motifs is 2. The van der Waals surface area contributed by atoms with Gasteiger partial charge in [-0.1, -0.05) is 30.3 Å². The molecule has 5 rings (SSSR count). The van der Waals surface area contributed by atoms with Crippen molar-refractivity contribution in [2.45, 2.75) is 31.5 Å². The number of aliphatic hydroxyl groups is 1. The molecular formula is C26H30N4O2. The summed E-state index contributed by atoms with van der Waals surface area (Å²) in [7, 11) is 1.65. The standard InChI is InChI=1S/C26H30N4O2/c1-32-25-8-4-6-22-21(9-12-27-26(22)25)24(31)17-30-13-10-19(11-14-30)28-16-20-15-18-5-2-3-7-23(18)29-20/h2-9,12,15,19,24,28-29,31H,10-11,13-14,16-17H2,1H3/t24-/m0/s1. The Kier molecular flexibility index (Phi) is 6.08. The number of β-amino-alcohol motifs (C(OH)–C–C–N with tert-alkyl or cyclic N) is 1. The SMILES string of the molecule is COc1cccc2c([C@@H](O)CN3CCC(NCc4cc5ccccc5[nH]4)CC3)ccnc12. The maximum atomic E-state index is 11.0. The number of methoxy groups -OCH3 is 1. The predicted molar refractivity (Wildman–Crippen MR) is 128 cm³/mol. The monoisotopic (exact) mass is 430 g/mol. The number of aromatic nitrogens is 2. The Labute approximate surface area is 188 Å². The number of likely N-dealkylation sites (tertiary alicyclic amines) is 1. The van der Waals surface area contributed by atoms with Gasteiger partial charge in [-0.15, -0.1) is 0 Å². The van der Waals surface area contributed by atoms with Crippen molar-refractivity contribution in [3.05, 3.63) is 72.1 Å². The number of H-pyrrole nitrogens is 1. The molecule has 1 fully saturated rings. The van der Waals surface area contributed by atoms with Gasteiger partial charge in [-0.3, -0.25) is 4.98 Å². The summed E-state index contributed by atoms with van der Waals surface area (Å²) in [5, 5.41) is 16.9. The summed E-state index contributed by atoms with van der Waals surface area (Å²) in [6.45, 7) is 3.44. The number of aliphatic hydroxyl groups excluding tert-OH is 1. The van der Waals surface area contributed by atoms with Gasteiger partial charge in [0.25, 0.3) is 0 Å². The molecule has 166 valence electrons. The number of rotatable bonds is 7. The highest BCUT2D eigenvalue weighted by molar-refractivity contribution is 5.87. The molecule has 3 heterocycles. The summed E-state index contributed by atoms with van der Waals surface area (Å²) in [6.07, 6.45) is 3.36. The number of para-hydroxylation sites is 2. The van der Waals surface area contributed by atoms with Crippen LogP contribution in [-0.2, 0) is 6.54 Å². The molecule has 1 aliphatic heterocycles. The summed E-state index contributed by atoms with van der Waals surface area (Å²) >= 11 is 0. The van der Waals surface area contributed by atoms with Crippen LogP contribution in [0.3, 0.4) is 0 Å². The third-order valence-electron chi connectivity index (χ3n) is 6.53. The number of pyridine rings is 1. The van der Waals surface area contributed by atoms with Crippen molar-refractivity contribution in [2.75, 3.05) is 26.7 Å². The molecule has 2 aromatic carbocycles. The topological polar surface area (TPSA) is 73.4 Å². The van der Waals surface area contributed by atoms with E-state index in [2.05, 4.69) is 50.5 Å².